The zero-order valence-corrected chi connectivity index (χ0v) is 13.2. The van der Waals surface area contributed by atoms with Gasteiger partial charge in [0.2, 0.25) is 0 Å². The Morgan fingerprint density at radius 1 is 1.19 bits per heavy atom. The van der Waals surface area contributed by atoms with E-state index < -0.39 is 12.3 Å². The molecule has 1 aromatic carbocycles. The number of para-hydroxylation sites is 1. The topological polar surface area (TPSA) is 61.8 Å². The van der Waals surface area contributed by atoms with Crippen molar-refractivity contribution >= 4 is 28.1 Å². The number of benzene rings is 1. The largest absolute Gasteiger partial charge is 0.514 e. The van der Waals surface area contributed by atoms with Crippen molar-refractivity contribution < 1.29 is 23.8 Å². The average molecular weight is 357 g/mol. The molecular formula is C15H17BrO5. The van der Waals surface area contributed by atoms with Crippen molar-refractivity contribution in [2.75, 3.05) is 7.11 Å². The van der Waals surface area contributed by atoms with E-state index in [-0.39, 0.29) is 16.7 Å². The van der Waals surface area contributed by atoms with Crippen LogP contribution in [0.4, 0.5) is 4.79 Å². The first-order chi connectivity index (χ1) is 10.1. The standard InChI is InChI=1S/C15H17BrO5/c1-19-14(17)10-7-8-12(16)13(9-10)21-15(18)20-11-5-3-2-4-6-11/h2-6,10,12-13H,7-9H2,1H3. The molecule has 0 saturated heterocycles. The molecule has 3 unspecified atom stereocenters. The number of ether oxygens (including phenoxy) is 3. The molecule has 1 aliphatic rings. The highest BCUT2D eigenvalue weighted by Gasteiger charge is 2.36. The second-order valence-corrected chi connectivity index (χ2v) is 6.05. The molecule has 0 amide bonds. The first-order valence-electron chi connectivity index (χ1n) is 6.75. The van der Waals surface area contributed by atoms with E-state index in [0.717, 1.165) is 12.8 Å². The smallest absolute Gasteiger partial charge is 0.469 e. The second kappa shape index (κ2) is 7.45. The normalized spacial score (nSPS) is 25.0. The van der Waals surface area contributed by atoms with Crippen LogP contribution in [0.3, 0.4) is 0 Å². The minimum Gasteiger partial charge on any atom is -0.469 e. The van der Waals surface area contributed by atoms with Gasteiger partial charge < -0.3 is 14.2 Å². The van der Waals surface area contributed by atoms with Crippen LogP contribution in [0.25, 0.3) is 0 Å². The van der Waals surface area contributed by atoms with Gasteiger partial charge in [-0.1, -0.05) is 34.1 Å². The SMILES string of the molecule is COC(=O)C1CCC(Br)C(OC(=O)Oc2ccccc2)C1. The third-order valence-electron chi connectivity index (χ3n) is 3.44. The summed E-state index contributed by atoms with van der Waals surface area (Å²) in [7, 11) is 1.36. The molecule has 0 spiro atoms. The van der Waals surface area contributed by atoms with Crippen LogP contribution >= 0.6 is 15.9 Å². The molecule has 0 heterocycles. The number of methoxy groups -OCH3 is 1. The molecule has 0 radical (unpaired) electrons. The first-order valence-corrected chi connectivity index (χ1v) is 7.67. The van der Waals surface area contributed by atoms with Gasteiger partial charge >= 0.3 is 12.1 Å². The monoisotopic (exact) mass is 356 g/mol. The zero-order valence-electron chi connectivity index (χ0n) is 11.7. The number of alkyl halides is 1. The van der Waals surface area contributed by atoms with E-state index in [4.69, 9.17) is 14.2 Å². The van der Waals surface area contributed by atoms with Crippen molar-refractivity contribution in [1.29, 1.82) is 0 Å². The van der Waals surface area contributed by atoms with Crippen LogP contribution in [0, 0.1) is 5.92 Å². The third-order valence-corrected chi connectivity index (χ3v) is 4.49. The molecule has 1 aromatic rings. The highest BCUT2D eigenvalue weighted by atomic mass is 79.9. The number of carbonyl (C=O) groups excluding carboxylic acids is 2. The van der Waals surface area contributed by atoms with Crippen LogP contribution in [0.5, 0.6) is 5.75 Å². The lowest BCUT2D eigenvalue weighted by Gasteiger charge is -2.30. The molecule has 2 rings (SSSR count). The molecule has 1 aliphatic carbocycles. The number of hydrogen-bond acceptors (Lipinski definition) is 5. The number of esters is 1. The Bertz CT molecular complexity index is 490. The Hall–Kier alpha value is -1.56. The summed E-state index contributed by atoms with van der Waals surface area (Å²) in [6.07, 6.45) is 0.728. The lowest BCUT2D eigenvalue weighted by molar-refractivity contribution is -0.147. The van der Waals surface area contributed by atoms with Gasteiger partial charge in [0.05, 0.1) is 17.9 Å². The van der Waals surface area contributed by atoms with Crippen molar-refractivity contribution in [2.24, 2.45) is 5.92 Å². The van der Waals surface area contributed by atoms with Crippen LogP contribution in [-0.4, -0.2) is 30.2 Å². The minimum absolute atomic E-state index is 0.0155. The molecule has 0 aliphatic heterocycles. The quantitative estimate of drug-likeness (QED) is 0.472. The third kappa shape index (κ3) is 4.46. The summed E-state index contributed by atoms with van der Waals surface area (Å²) in [6, 6.07) is 8.71. The fraction of sp³-hybridized carbons (Fsp3) is 0.467. The molecule has 114 valence electrons. The van der Waals surface area contributed by atoms with E-state index in [9.17, 15) is 9.59 Å². The van der Waals surface area contributed by atoms with Crippen molar-refractivity contribution in [3.63, 3.8) is 0 Å². The summed E-state index contributed by atoms with van der Waals surface area (Å²) in [5.74, 6) is -0.0771. The summed E-state index contributed by atoms with van der Waals surface area (Å²) in [5, 5.41) is 0. The fourth-order valence-corrected chi connectivity index (χ4v) is 2.92. The molecule has 6 heteroatoms. The number of carbonyl (C=O) groups is 2. The van der Waals surface area contributed by atoms with Gasteiger partial charge in [-0.25, -0.2) is 4.79 Å². The van der Waals surface area contributed by atoms with E-state index in [1.54, 1.807) is 24.3 Å². The zero-order chi connectivity index (χ0) is 15.2. The average Bonchev–Trinajstić information content (AvgIpc) is 2.49. The van der Waals surface area contributed by atoms with Gasteiger partial charge in [-0.3, -0.25) is 4.79 Å². The van der Waals surface area contributed by atoms with E-state index in [0.29, 0.717) is 12.2 Å². The van der Waals surface area contributed by atoms with Crippen LogP contribution < -0.4 is 4.74 Å². The number of hydrogen-bond donors (Lipinski definition) is 0. The maximum atomic E-state index is 11.8. The maximum absolute atomic E-state index is 11.8. The van der Waals surface area contributed by atoms with E-state index >= 15 is 0 Å². The van der Waals surface area contributed by atoms with Crippen molar-refractivity contribution in [3.8, 4) is 5.75 Å². The van der Waals surface area contributed by atoms with Crippen molar-refractivity contribution in [3.05, 3.63) is 30.3 Å². The maximum Gasteiger partial charge on any atom is 0.514 e. The highest BCUT2D eigenvalue weighted by molar-refractivity contribution is 9.09. The number of halogens is 1. The predicted molar refractivity (Wildman–Crippen MR) is 79.4 cm³/mol. The van der Waals surface area contributed by atoms with E-state index in [1.807, 2.05) is 6.07 Å². The van der Waals surface area contributed by atoms with Gasteiger partial charge in [0.15, 0.2) is 0 Å². The highest BCUT2D eigenvalue weighted by Crippen LogP contribution is 2.32. The van der Waals surface area contributed by atoms with Crippen LogP contribution in [0.1, 0.15) is 19.3 Å². The van der Waals surface area contributed by atoms with Crippen LogP contribution in [0.2, 0.25) is 0 Å². The van der Waals surface area contributed by atoms with E-state index in [1.165, 1.54) is 7.11 Å². The van der Waals surface area contributed by atoms with Gasteiger partial charge in [-0.15, -0.1) is 0 Å². The first kappa shape index (κ1) is 15.8. The summed E-state index contributed by atoms with van der Waals surface area (Å²) < 4.78 is 15.2. The lowest BCUT2D eigenvalue weighted by Crippen LogP contribution is -2.37. The summed E-state index contributed by atoms with van der Waals surface area (Å²) in [5.41, 5.74) is 0. The Morgan fingerprint density at radius 3 is 2.57 bits per heavy atom. The second-order valence-electron chi connectivity index (χ2n) is 4.87. The Kier molecular flexibility index (Phi) is 5.61. The summed E-state index contributed by atoms with van der Waals surface area (Å²) >= 11 is 3.48. The van der Waals surface area contributed by atoms with Gasteiger partial charge in [-0.05, 0) is 31.4 Å². The van der Waals surface area contributed by atoms with E-state index in [2.05, 4.69) is 15.9 Å². The van der Waals surface area contributed by atoms with Crippen LogP contribution in [-0.2, 0) is 14.3 Å². The molecule has 0 N–H and O–H groups in total. The Morgan fingerprint density at radius 2 is 1.90 bits per heavy atom. The summed E-state index contributed by atoms with van der Waals surface area (Å²) in [4.78, 5) is 23.4. The van der Waals surface area contributed by atoms with Crippen molar-refractivity contribution in [1.82, 2.24) is 0 Å². The Balaban J connectivity index is 1.90. The predicted octanol–water partition coefficient (Wildman–Crippen LogP) is 3.31. The Labute approximate surface area is 131 Å². The lowest BCUT2D eigenvalue weighted by atomic mass is 9.87. The number of rotatable bonds is 3. The van der Waals surface area contributed by atoms with Crippen molar-refractivity contribution in [2.45, 2.75) is 30.2 Å². The van der Waals surface area contributed by atoms with Gasteiger partial charge in [0.25, 0.3) is 0 Å². The van der Waals surface area contributed by atoms with Gasteiger partial charge in [0.1, 0.15) is 11.9 Å². The minimum atomic E-state index is -0.763. The summed E-state index contributed by atoms with van der Waals surface area (Å²) in [6.45, 7) is 0. The molecule has 0 aromatic heterocycles. The van der Waals surface area contributed by atoms with Crippen LogP contribution in [0.15, 0.2) is 30.3 Å². The van der Waals surface area contributed by atoms with Gasteiger partial charge in [0, 0.05) is 0 Å². The molecule has 1 fully saturated rings. The molecule has 1 saturated carbocycles. The molecule has 0 bridgehead atoms. The molecule has 21 heavy (non-hydrogen) atoms. The fourth-order valence-electron chi connectivity index (χ4n) is 2.33. The molecular weight excluding hydrogens is 340 g/mol. The molecule has 5 nitrogen and oxygen atoms in total. The van der Waals surface area contributed by atoms with Gasteiger partial charge in [-0.2, -0.15) is 0 Å². The molecule has 3 atom stereocenters.